The van der Waals surface area contributed by atoms with Crippen molar-refractivity contribution in [1.82, 2.24) is 4.72 Å². The van der Waals surface area contributed by atoms with Crippen molar-refractivity contribution in [3.05, 3.63) is 52.5 Å². The molecule has 0 heterocycles. The monoisotopic (exact) mass is 440 g/mol. The van der Waals surface area contributed by atoms with Gasteiger partial charge in [-0.15, -0.1) is 0 Å². The van der Waals surface area contributed by atoms with Gasteiger partial charge in [0.15, 0.2) is 0 Å². The SMILES string of the molecule is COc1ccc(C(=O)Nc2ccccc2Br)cc1S(=O)(=O)NC(C)(C)C. The van der Waals surface area contributed by atoms with E-state index < -0.39 is 21.5 Å². The van der Waals surface area contributed by atoms with E-state index in [1.165, 1.54) is 25.3 Å². The fourth-order valence-electron chi connectivity index (χ4n) is 2.24. The third-order valence-corrected chi connectivity index (χ3v) is 5.75. The van der Waals surface area contributed by atoms with E-state index in [2.05, 4.69) is 26.0 Å². The molecule has 140 valence electrons. The molecule has 6 nitrogen and oxygen atoms in total. The van der Waals surface area contributed by atoms with Crippen molar-refractivity contribution < 1.29 is 17.9 Å². The highest BCUT2D eigenvalue weighted by Gasteiger charge is 2.26. The van der Waals surface area contributed by atoms with Crippen LogP contribution in [0, 0.1) is 0 Å². The van der Waals surface area contributed by atoms with Crippen molar-refractivity contribution in [2.24, 2.45) is 0 Å². The van der Waals surface area contributed by atoms with Crippen LogP contribution in [0.3, 0.4) is 0 Å². The van der Waals surface area contributed by atoms with Gasteiger partial charge in [-0.25, -0.2) is 13.1 Å². The third-order valence-electron chi connectivity index (χ3n) is 3.28. The molecule has 0 aliphatic rings. The number of amides is 1. The molecule has 0 aliphatic carbocycles. The average Bonchev–Trinajstić information content (AvgIpc) is 2.54. The predicted molar refractivity (Wildman–Crippen MR) is 105 cm³/mol. The molecule has 0 fully saturated rings. The quantitative estimate of drug-likeness (QED) is 0.740. The molecule has 0 aromatic heterocycles. The van der Waals surface area contributed by atoms with Crippen LogP contribution in [0.1, 0.15) is 31.1 Å². The van der Waals surface area contributed by atoms with Gasteiger partial charge in [-0.05, 0) is 67.0 Å². The van der Waals surface area contributed by atoms with Crippen LogP contribution in [-0.2, 0) is 10.0 Å². The highest BCUT2D eigenvalue weighted by atomic mass is 79.9. The summed E-state index contributed by atoms with van der Waals surface area (Å²) in [7, 11) is -2.48. The summed E-state index contributed by atoms with van der Waals surface area (Å²) in [5, 5.41) is 2.75. The van der Waals surface area contributed by atoms with E-state index in [-0.39, 0.29) is 16.2 Å². The molecule has 8 heteroatoms. The van der Waals surface area contributed by atoms with Gasteiger partial charge in [0.25, 0.3) is 5.91 Å². The van der Waals surface area contributed by atoms with E-state index >= 15 is 0 Å². The number of halogens is 1. The molecule has 0 radical (unpaired) electrons. The van der Waals surface area contributed by atoms with E-state index in [9.17, 15) is 13.2 Å². The Bertz CT molecular complexity index is 921. The van der Waals surface area contributed by atoms with Crippen molar-refractivity contribution >= 4 is 37.5 Å². The number of rotatable bonds is 5. The summed E-state index contributed by atoms with van der Waals surface area (Å²) >= 11 is 3.36. The van der Waals surface area contributed by atoms with Gasteiger partial charge < -0.3 is 10.1 Å². The fourth-order valence-corrected chi connectivity index (χ4v) is 4.24. The summed E-state index contributed by atoms with van der Waals surface area (Å²) in [5.41, 5.74) is 0.123. The number of hydrogen-bond donors (Lipinski definition) is 2. The molecule has 0 saturated carbocycles. The van der Waals surface area contributed by atoms with Crippen LogP contribution in [0.2, 0.25) is 0 Å². The van der Waals surface area contributed by atoms with Gasteiger partial charge in [0, 0.05) is 15.6 Å². The molecule has 0 aliphatic heterocycles. The van der Waals surface area contributed by atoms with Crippen LogP contribution < -0.4 is 14.8 Å². The molecule has 1 amide bonds. The van der Waals surface area contributed by atoms with Gasteiger partial charge in [0.05, 0.1) is 12.8 Å². The topological polar surface area (TPSA) is 84.5 Å². The van der Waals surface area contributed by atoms with E-state index in [0.29, 0.717) is 5.69 Å². The molecular formula is C18H21BrN2O4S. The Labute approximate surface area is 162 Å². The summed E-state index contributed by atoms with van der Waals surface area (Å²) in [4.78, 5) is 12.5. The molecule has 26 heavy (non-hydrogen) atoms. The van der Waals surface area contributed by atoms with Crippen molar-refractivity contribution in [3.8, 4) is 5.75 Å². The van der Waals surface area contributed by atoms with Gasteiger partial charge in [-0.3, -0.25) is 4.79 Å². The van der Waals surface area contributed by atoms with Crippen LogP contribution >= 0.6 is 15.9 Å². The zero-order valence-electron chi connectivity index (χ0n) is 15.0. The summed E-state index contributed by atoms with van der Waals surface area (Å²) in [6.45, 7) is 5.21. The van der Waals surface area contributed by atoms with Crippen LogP contribution in [0.5, 0.6) is 5.75 Å². The van der Waals surface area contributed by atoms with Crippen LogP contribution in [0.15, 0.2) is 51.8 Å². The highest BCUT2D eigenvalue weighted by Crippen LogP contribution is 2.27. The lowest BCUT2D eigenvalue weighted by Crippen LogP contribution is -2.40. The fraction of sp³-hybridized carbons (Fsp3) is 0.278. The number of carbonyl (C=O) groups excluding carboxylic acids is 1. The van der Waals surface area contributed by atoms with Gasteiger partial charge in [-0.1, -0.05) is 12.1 Å². The molecule has 2 N–H and O–H groups in total. The minimum absolute atomic E-state index is 0.0882. The van der Waals surface area contributed by atoms with Crippen molar-refractivity contribution in [2.45, 2.75) is 31.2 Å². The smallest absolute Gasteiger partial charge is 0.255 e. The second-order valence-electron chi connectivity index (χ2n) is 6.66. The first-order valence-electron chi connectivity index (χ1n) is 7.81. The lowest BCUT2D eigenvalue weighted by atomic mass is 10.1. The van der Waals surface area contributed by atoms with Gasteiger partial charge in [0.2, 0.25) is 10.0 Å². The number of sulfonamides is 1. The van der Waals surface area contributed by atoms with Gasteiger partial charge >= 0.3 is 0 Å². The summed E-state index contributed by atoms with van der Waals surface area (Å²) in [6, 6.07) is 11.4. The number of anilines is 1. The molecule has 0 unspecified atom stereocenters. The number of carbonyl (C=O) groups is 1. The van der Waals surface area contributed by atoms with Gasteiger partial charge in [0.1, 0.15) is 10.6 Å². The first-order valence-corrected chi connectivity index (χ1v) is 10.1. The first kappa shape index (κ1) is 20.4. The highest BCUT2D eigenvalue weighted by molar-refractivity contribution is 9.10. The lowest BCUT2D eigenvalue weighted by molar-refractivity contribution is 0.102. The number of para-hydroxylation sites is 1. The van der Waals surface area contributed by atoms with Crippen molar-refractivity contribution in [2.75, 3.05) is 12.4 Å². The zero-order chi connectivity index (χ0) is 19.5. The van der Waals surface area contributed by atoms with E-state index in [4.69, 9.17) is 4.74 Å². The molecule has 0 spiro atoms. The Morgan fingerprint density at radius 3 is 2.35 bits per heavy atom. The maximum absolute atomic E-state index is 12.7. The van der Waals surface area contributed by atoms with Crippen molar-refractivity contribution in [1.29, 1.82) is 0 Å². The number of methoxy groups -OCH3 is 1. The lowest BCUT2D eigenvalue weighted by Gasteiger charge is -2.21. The molecule has 2 rings (SSSR count). The van der Waals surface area contributed by atoms with E-state index in [1.807, 2.05) is 6.07 Å². The largest absolute Gasteiger partial charge is 0.495 e. The zero-order valence-corrected chi connectivity index (χ0v) is 17.4. The van der Waals surface area contributed by atoms with E-state index in [0.717, 1.165) is 4.47 Å². The predicted octanol–water partition coefficient (Wildman–Crippen LogP) is 3.79. The average molecular weight is 441 g/mol. The Morgan fingerprint density at radius 2 is 1.77 bits per heavy atom. The summed E-state index contributed by atoms with van der Waals surface area (Å²) in [6.07, 6.45) is 0. The molecule has 0 bridgehead atoms. The summed E-state index contributed by atoms with van der Waals surface area (Å²) in [5.74, 6) is -0.258. The molecule has 0 atom stereocenters. The van der Waals surface area contributed by atoms with Gasteiger partial charge in [-0.2, -0.15) is 0 Å². The number of nitrogens with one attached hydrogen (secondary N) is 2. The maximum atomic E-state index is 12.7. The molecule has 2 aromatic carbocycles. The second-order valence-corrected chi connectivity index (χ2v) is 9.16. The summed E-state index contributed by atoms with van der Waals surface area (Å²) < 4.78 is 33.8. The Morgan fingerprint density at radius 1 is 1.12 bits per heavy atom. The minimum Gasteiger partial charge on any atom is -0.495 e. The van der Waals surface area contributed by atoms with E-state index in [1.54, 1.807) is 39.0 Å². The van der Waals surface area contributed by atoms with Crippen LogP contribution in [0.25, 0.3) is 0 Å². The third kappa shape index (κ3) is 5.06. The van der Waals surface area contributed by atoms with Crippen molar-refractivity contribution in [3.63, 3.8) is 0 Å². The van der Waals surface area contributed by atoms with Crippen LogP contribution in [-0.4, -0.2) is 27.0 Å². The Kier molecular flexibility index (Phi) is 6.10. The molecule has 2 aromatic rings. The minimum atomic E-state index is -3.86. The number of ether oxygens (including phenoxy) is 1. The van der Waals surface area contributed by atoms with Crippen LogP contribution in [0.4, 0.5) is 5.69 Å². The second kappa shape index (κ2) is 7.77. The molecular weight excluding hydrogens is 420 g/mol. The number of benzene rings is 2. The Hall–Kier alpha value is -1.90. The maximum Gasteiger partial charge on any atom is 0.255 e. The standard InChI is InChI=1S/C18H21BrN2O4S/c1-18(2,3)21-26(23,24)16-11-12(9-10-15(16)25-4)17(22)20-14-8-6-5-7-13(14)19/h5-11,21H,1-4H3,(H,20,22). The first-order chi connectivity index (χ1) is 12.0. The number of hydrogen-bond acceptors (Lipinski definition) is 4. The normalized spacial score (nSPS) is 11.9. The Balaban J connectivity index is 2.40. The molecule has 0 saturated heterocycles.